The molecule has 0 spiro atoms. The smallest absolute Gasteiger partial charge is 0.278 e. The number of hydrogen-bond acceptors (Lipinski definition) is 3. The monoisotopic (exact) mass is 472 g/mol. The molecule has 35 heavy (non-hydrogen) atoms. The normalized spacial score (nSPS) is 16.5. The van der Waals surface area contributed by atoms with Gasteiger partial charge in [-0.1, -0.05) is 56.3 Å². The van der Waals surface area contributed by atoms with Crippen LogP contribution in [0.5, 0.6) is 0 Å². The lowest BCUT2D eigenvalue weighted by molar-refractivity contribution is -0.140. The number of carbonyl (C=O) groups is 3. The molecule has 1 aromatic heterocycles. The number of aryl methyl sites for hydroxylation is 1. The number of hydrogen-bond donors (Lipinski definition) is 2. The van der Waals surface area contributed by atoms with Crippen LogP contribution in [-0.2, 0) is 20.8 Å². The summed E-state index contributed by atoms with van der Waals surface area (Å²) in [5, 5.41) is 1.26. The van der Waals surface area contributed by atoms with Crippen LogP contribution in [0.25, 0.3) is 11.3 Å². The van der Waals surface area contributed by atoms with Gasteiger partial charge < -0.3 is 10.3 Å². The molecule has 2 atom stereocenters. The maximum atomic E-state index is 13.7. The first kappa shape index (κ1) is 24.3. The number of hydrazine groups is 1. The SMILES string of the molecule is C=CC[C@H](C(N)=O)[C@@H](CC(C)C)C(=O)NN1C=C(c2ccccc2)n2ccc3c2C(=CCC3)C1=O. The van der Waals surface area contributed by atoms with E-state index in [4.69, 9.17) is 5.73 Å². The Balaban J connectivity index is 1.75. The van der Waals surface area contributed by atoms with Crippen molar-refractivity contribution in [3.05, 3.63) is 84.3 Å². The third-order valence-corrected chi connectivity index (χ3v) is 6.58. The number of nitrogens with one attached hydrogen (secondary N) is 1. The van der Waals surface area contributed by atoms with Crippen molar-refractivity contribution in [1.82, 2.24) is 15.0 Å². The second kappa shape index (κ2) is 10.2. The lowest BCUT2D eigenvalue weighted by Gasteiger charge is -2.28. The Hall–Kier alpha value is -3.87. The van der Waals surface area contributed by atoms with Crippen LogP contribution < -0.4 is 11.2 Å². The number of aromatic nitrogens is 1. The van der Waals surface area contributed by atoms with E-state index in [1.807, 2.05) is 67.1 Å². The van der Waals surface area contributed by atoms with Gasteiger partial charge in [0.15, 0.2) is 0 Å². The maximum absolute atomic E-state index is 13.7. The standard InChI is InChI=1S/C28H32N4O3/c1-4-9-21(26(29)33)23(16-18(2)3)27(34)30-32-17-24(19-10-6-5-7-11-19)31-15-14-20-12-8-13-22(25(20)31)28(32)35/h4-7,10-11,13-15,17-18,21,23H,1,8-9,12,16H2,2-3H3,(H2,29,33)(H,30,34)/t21-,23+/m0/s1. The lowest BCUT2D eigenvalue weighted by atomic mass is 9.82. The van der Waals surface area contributed by atoms with Crippen LogP contribution in [0.2, 0.25) is 0 Å². The summed E-state index contributed by atoms with van der Waals surface area (Å²) in [6.07, 6.45) is 9.51. The van der Waals surface area contributed by atoms with E-state index in [-0.39, 0.29) is 11.8 Å². The molecular weight excluding hydrogens is 440 g/mol. The fraction of sp³-hybridized carbons (Fsp3) is 0.321. The van der Waals surface area contributed by atoms with Gasteiger partial charge in [-0.05, 0) is 43.2 Å². The van der Waals surface area contributed by atoms with Crippen LogP contribution in [0, 0.1) is 17.8 Å². The van der Waals surface area contributed by atoms with Gasteiger partial charge in [-0.3, -0.25) is 19.8 Å². The third kappa shape index (κ3) is 4.85. The topological polar surface area (TPSA) is 97.4 Å². The van der Waals surface area contributed by atoms with Crippen molar-refractivity contribution in [3.8, 4) is 0 Å². The van der Waals surface area contributed by atoms with Gasteiger partial charge in [0.2, 0.25) is 11.8 Å². The maximum Gasteiger partial charge on any atom is 0.278 e. The number of amides is 3. The van der Waals surface area contributed by atoms with Crippen molar-refractivity contribution < 1.29 is 14.4 Å². The van der Waals surface area contributed by atoms with Gasteiger partial charge in [0, 0.05) is 11.8 Å². The van der Waals surface area contributed by atoms with Gasteiger partial charge in [-0.15, -0.1) is 6.58 Å². The molecule has 4 rings (SSSR count). The van der Waals surface area contributed by atoms with E-state index in [2.05, 4.69) is 12.0 Å². The first-order chi connectivity index (χ1) is 16.8. The average molecular weight is 473 g/mol. The molecule has 1 aliphatic heterocycles. The number of allylic oxidation sites excluding steroid dienone is 2. The molecule has 7 heteroatoms. The van der Waals surface area contributed by atoms with E-state index < -0.39 is 23.7 Å². The highest BCUT2D eigenvalue weighted by molar-refractivity contribution is 6.21. The fourth-order valence-electron chi connectivity index (χ4n) is 4.94. The molecule has 3 N–H and O–H groups in total. The van der Waals surface area contributed by atoms with Gasteiger partial charge in [0.25, 0.3) is 5.91 Å². The Morgan fingerprint density at radius 1 is 1.17 bits per heavy atom. The first-order valence-corrected chi connectivity index (χ1v) is 12.0. The highest BCUT2D eigenvalue weighted by Crippen LogP contribution is 2.35. The highest BCUT2D eigenvalue weighted by Gasteiger charge is 2.36. The average Bonchev–Trinajstić information content (AvgIpc) is 3.22. The number of nitrogens with two attached hydrogens (primary N) is 1. The molecule has 0 bridgehead atoms. The molecule has 1 aliphatic carbocycles. The first-order valence-electron chi connectivity index (χ1n) is 12.0. The van der Waals surface area contributed by atoms with Gasteiger partial charge in [-0.2, -0.15) is 0 Å². The predicted octanol–water partition coefficient (Wildman–Crippen LogP) is 3.88. The number of rotatable bonds is 9. The van der Waals surface area contributed by atoms with Crippen molar-refractivity contribution in [3.63, 3.8) is 0 Å². The van der Waals surface area contributed by atoms with Crippen molar-refractivity contribution in [2.45, 2.75) is 39.5 Å². The van der Waals surface area contributed by atoms with Crippen LogP contribution in [-0.4, -0.2) is 27.3 Å². The summed E-state index contributed by atoms with van der Waals surface area (Å²) in [7, 11) is 0. The van der Waals surface area contributed by atoms with E-state index in [1.54, 1.807) is 12.3 Å². The molecule has 2 aromatic rings. The van der Waals surface area contributed by atoms with E-state index in [0.717, 1.165) is 35.4 Å². The number of benzene rings is 1. The van der Waals surface area contributed by atoms with Gasteiger partial charge in [0.1, 0.15) is 0 Å². The molecule has 0 saturated heterocycles. The summed E-state index contributed by atoms with van der Waals surface area (Å²) in [5.41, 5.74) is 12.7. The van der Waals surface area contributed by atoms with Crippen molar-refractivity contribution in [2.75, 3.05) is 0 Å². The van der Waals surface area contributed by atoms with Crippen molar-refractivity contribution >= 4 is 29.0 Å². The van der Waals surface area contributed by atoms with Crippen molar-refractivity contribution in [1.29, 1.82) is 0 Å². The van der Waals surface area contributed by atoms with Crippen LogP contribution in [0.3, 0.4) is 0 Å². The molecular formula is C28H32N4O3. The summed E-state index contributed by atoms with van der Waals surface area (Å²) in [4.78, 5) is 39.5. The minimum atomic E-state index is -0.705. The summed E-state index contributed by atoms with van der Waals surface area (Å²) in [6, 6.07) is 11.8. The predicted molar refractivity (Wildman–Crippen MR) is 136 cm³/mol. The molecule has 1 aromatic carbocycles. The quantitative estimate of drug-likeness (QED) is 0.542. The van der Waals surface area contributed by atoms with Gasteiger partial charge in [0.05, 0.1) is 35.0 Å². The number of carbonyl (C=O) groups excluding carboxylic acids is 3. The minimum Gasteiger partial charge on any atom is -0.369 e. The summed E-state index contributed by atoms with van der Waals surface area (Å²) >= 11 is 0. The second-order valence-corrected chi connectivity index (χ2v) is 9.52. The third-order valence-electron chi connectivity index (χ3n) is 6.58. The van der Waals surface area contributed by atoms with E-state index in [1.165, 1.54) is 5.01 Å². The molecule has 182 valence electrons. The van der Waals surface area contributed by atoms with E-state index >= 15 is 0 Å². The second-order valence-electron chi connectivity index (χ2n) is 9.52. The van der Waals surface area contributed by atoms with Crippen LogP contribution in [0.4, 0.5) is 0 Å². The Labute approximate surface area is 206 Å². The van der Waals surface area contributed by atoms with Crippen LogP contribution >= 0.6 is 0 Å². The Morgan fingerprint density at radius 3 is 2.57 bits per heavy atom. The molecule has 0 saturated carbocycles. The molecule has 2 aliphatic rings. The Kier molecular flexibility index (Phi) is 7.05. The lowest BCUT2D eigenvalue weighted by Crippen LogP contribution is -2.48. The van der Waals surface area contributed by atoms with E-state index in [9.17, 15) is 14.4 Å². The molecule has 0 fully saturated rings. The zero-order valence-electron chi connectivity index (χ0n) is 20.2. The largest absolute Gasteiger partial charge is 0.369 e. The Bertz CT molecular complexity index is 1210. The zero-order chi connectivity index (χ0) is 25.1. The molecule has 0 unspecified atom stereocenters. The molecule has 7 nitrogen and oxygen atoms in total. The Morgan fingerprint density at radius 2 is 1.91 bits per heavy atom. The summed E-state index contributed by atoms with van der Waals surface area (Å²) in [6.45, 7) is 7.69. The van der Waals surface area contributed by atoms with E-state index in [0.29, 0.717) is 18.4 Å². The molecule has 3 amide bonds. The van der Waals surface area contributed by atoms with Crippen molar-refractivity contribution in [2.24, 2.45) is 23.5 Å². The van der Waals surface area contributed by atoms with Gasteiger partial charge >= 0.3 is 0 Å². The number of nitrogens with zero attached hydrogens (tertiary/aromatic N) is 2. The number of primary amides is 1. The zero-order valence-corrected chi connectivity index (χ0v) is 20.2. The minimum absolute atomic E-state index is 0.150. The summed E-state index contributed by atoms with van der Waals surface area (Å²) in [5.74, 6) is -2.52. The molecule has 0 radical (unpaired) electrons. The molecule has 2 heterocycles. The summed E-state index contributed by atoms with van der Waals surface area (Å²) < 4.78 is 2.01. The van der Waals surface area contributed by atoms with Crippen LogP contribution in [0.1, 0.15) is 49.9 Å². The van der Waals surface area contributed by atoms with Crippen LogP contribution in [0.15, 0.2) is 67.5 Å². The van der Waals surface area contributed by atoms with Gasteiger partial charge in [-0.25, -0.2) is 5.01 Å². The highest BCUT2D eigenvalue weighted by atomic mass is 16.2. The fourth-order valence-corrected chi connectivity index (χ4v) is 4.94.